The number of carbonyl (C=O) groups is 2. The van der Waals surface area contributed by atoms with Crippen LogP contribution in [-0.4, -0.2) is 11.8 Å². The fourth-order valence-electron chi connectivity index (χ4n) is 1.73. The number of hydrogen-bond acceptors (Lipinski definition) is 3. The molecule has 7 heteroatoms. The molecular weight excluding hydrogens is 297 g/mol. The molecule has 2 aromatic rings. The molecule has 108 valence electrons. The first-order valence-corrected chi connectivity index (χ1v) is 6.22. The van der Waals surface area contributed by atoms with Crippen LogP contribution in [0.5, 0.6) is 0 Å². The summed E-state index contributed by atoms with van der Waals surface area (Å²) in [5.41, 5.74) is 11.4. The summed E-state index contributed by atoms with van der Waals surface area (Å²) in [5, 5.41) is 2.67. The van der Waals surface area contributed by atoms with Crippen LogP contribution in [0.2, 0.25) is 5.02 Å². The van der Waals surface area contributed by atoms with Crippen molar-refractivity contribution in [2.24, 2.45) is 5.73 Å². The molecular formula is C14H11ClFN3O2. The van der Waals surface area contributed by atoms with E-state index in [4.69, 9.17) is 23.1 Å². The Bertz CT molecular complexity index is 734. The molecule has 2 rings (SSSR count). The second kappa shape index (κ2) is 5.80. The van der Waals surface area contributed by atoms with E-state index in [-0.39, 0.29) is 21.8 Å². The van der Waals surface area contributed by atoms with Crippen molar-refractivity contribution in [3.8, 4) is 0 Å². The fraction of sp³-hybridized carbons (Fsp3) is 0. The summed E-state index contributed by atoms with van der Waals surface area (Å²) in [6, 6.07) is 7.73. The molecule has 0 aliphatic rings. The highest BCUT2D eigenvalue weighted by Gasteiger charge is 2.12. The lowest BCUT2D eigenvalue weighted by molar-refractivity contribution is 0.0998. The second-order valence-electron chi connectivity index (χ2n) is 4.24. The van der Waals surface area contributed by atoms with E-state index in [1.165, 1.54) is 24.3 Å². The number of anilines is 2. The van der Waals surface area contributed by atoms with Crippen LogP contribution in [0, 0.1) is 5.82 Å². The number of carbonyl (C=O) groups excluding carboxylic acids is 2. The van der Waals surface area contributed by atoms with Crippen molar-refractivity contribution in [2.75, 3.05) is 11.1 Å². The average molecular weight is 308 g/mol. The minimum atomic E-state index is -0.666. The first-order chi connectivity index (χ1) is 9.88. The average Bonchev–Trinajstić information content (AvgIpc) is 2.37. The highest BCUT2D eigenvalue weighted by atomic mass is 35.5. The normalized spacial score (nSPS) is 10.2. The van der Waals surface area contributed by atoms with Gasteiger partial charge in [-0.05, 0) is 36.4 Å². The lowest BCUT2D eigenvalue weighted by atomic mass is 10.1. The Kier molecular flexibility index (Phi) is 4.09. The van der Waals surface area contributed by atoms with E-state index >= 15 is 0 Å². The van der Waals surface area contributed by atoms with Crippen molar-refractivity contribution in [3.63, 3.8) is 0 Å². The second-order valence-corrected chi connectivity index (χ2v) is 4.65. The van der Waals surface area contributed by atoms with Crippen LogP contribution >= 0.6 is 11.6 Å². The van der Waals surface area contributed by atoms with Crippen molar-refractivity contribution in [1.82, 2.24) is 0 Å². The zero-order valence-electron chi connectivity index (χ0n) is 10.7. The number of amides is 2. The number of benzene rings is 2. The van der Waals surface area contributed by atoms with Gasteiger partial charge in [0.15, 0.2) is 0 Å². The largest absolute Gasteiger partial charge is 0.398 e. The number of primary amides is 1. The molecule has 2 aromatic carbocycles. The molecule has 0 atom stereocenters. The van der Waals surface area contributed by atoms with Gasteiger partial charge >= 0.3 is 0 Å². The highest BCUT2D eigenvalue weighted by molar-refractivity contribution is 6.34. The molecule has 21 heavy (non-hydrogen) atoms. The van der Waals surface area contributed by atoms with Crippen molar-refractivity contribution in [1.29, 1.82) is 0 Å². The third-order valence-electron chi connectivity index (χ3n) is 2.75. The summed E-state index contributed by atoms with van der Waals surface area (Å²) >= 11 is 5.88. The Morgan fingerprint density at radius 2 is 1.76 bits per heavy atom. The molecule has 0 unspecified atom stereocenters. The quantitative estimate of drug-likeness (QED) is 0.759. The van der Waals surface area contributed by atoms with Crippen LogP contribution in [0.25, 0.3) is 0 Å². The summed E-state index contributed by atoms with van der Waals surface area (Å²) in [6.07, 6.45) is 0. The minimum Gasteiger partial charge on any atom is -0.398 e. The van der Waals surface area contributed by atoms with Gasteiger partial charge in [-0.15, -0.1) is 0 Å². The molecule has 5 nitrogen and oxygen atoms in total. The highest BCUT2D eigenvalue weighted by Crippen LogP contribution is 2.22. The van der Waals surface area contributed by atoms with Gasteiger partial charge in [-0.1, -0.05) is 11.6 Å². The molecule has 5 N–H and O–H groups in total. The van der Waals surface area contributed by atoms with E-state index in [9.17, 15) is 14.0 Å². The van der Waals surface area contributed by atoms with E-state index in [1.54, 1.807) is 0 Å². The fourth-order valence-corrected chi connectivity index (χ4v) is 2.01. The molecule has 0 bridgehead atoms. The SMILES string of the molecule is NC(=O)c1ccc(NC(=O)c2ccc(F)cc2N)cc1Cl. The van der Waals surface area contributed by atoms with Gasteiger partial charge in [0.1, 0.15) is 5.82 Å². The van der Waals surface area contributed by atoms with Crippen LogP contribution in [0.4, 0.5) is 15.8 Å². The summed E-state index contributed by atoms with van der Waals surface area (Å²) in [5.74, 6) is -1.71. The van der Waals surface area contributed by atoms with Crippen molar-refractivity contribution in [2.45, 2.75) is 0 Å². The monoisotopic (exact) mass is 307 g/mol. The maximum atomic E-state index is 12.9. The van der Waals surface area contributed by atoms with Crippen LogP contribution in [0.3, 0.4) is 0 Å². The van der Waals surface area contributed by atoms with Crippen molar-refractivity contribution in [3.05, 3.63) is 58.4 Å². The van der Waals surface area contributed by atoms with E-state index < -0.39 is 17.6 Å². The molecule has 0 aliphatic carbocycles. The zero-order valence-corrected chi connectivity index (χ0v) is 11.4. The predicted molar refractivity (Wildman–Crippen MR) is 78.7 cm³/mol. The Hall–Kier alpha value is -2.60. The van der Waals surface area contributed by atoms with Crippen LogP contribution in [0.15, 0.2) is 36.4 Å². The van der Waals surface area contributed by atoms with E-state index in [1.807, 2.05) is 0 Å². The molecule has 0 aromatic heterocycles. The lowest BCUT2D eigenvalue weighted by Crippen LogP contribution is -2.15. The first kappa shape index (κ1) is 14.8. The first-order valence-electron chi connectivity index (χ1n) is 5.84. The molecule has 2 amide bonds. The molecule has 0 saturated heterocycles. The third kappa shape index (κ3) is 3.29. The predicted octanol–water partition coefficient (Wildman–Crippen LogP) is 2.41. The van der Waals surface area contributed by atoms with E-state index in [2.05, 4.69) is 5.32 Å². The Morgan fingerprint density at radius 1 is 1.10 bits per heavy atom. The maximum absolute atomic E-state index is 12.9. The number of rotatable bonds is 3. The molecule has 0 aliphatic heterocycles. The number of halogens is 2. The van der Waals surface area contributed by atoms with E-state index in [0.717, 1.165) is 12.1 Å². The van der Waals surface area contributed by atoms with Crippen LogP contribution < -0.4 is 16.8 Å². The number of nitrogens with one attached hydrogen (secondary N) is 1. The van der Waals surface area contributed by atoms with Gasteiger partial charge in [-0.3, -0.25) is 9.59 Å². The van der Waals surface area contributed by atoms with Gasteiger partial charge in [0.25, 0.3) is 5.91 Å². The molecule has 0 spiro atoms. The molecule has 0 fully saturated rings. The van der Waals surface area contributed by atoms with Crippen LogP contribution in [0.1, 0.15) is 20.7 Å². The molecule has 0 heterocycles. The van der Waals surface area contributed by atoms with Gasteiger partial charge in [-0.2, -0.15) is 0 Å². The number of hydrogen-bond donors (Lipinski definition) is 3. The smallest absolute Gasteiger partial charge is 0.257 e. The maximum Gasteiger partial charge on any atom is 0.257 e. The number of nitrogen functional groups attached to an aromatic ring is 1. The number of nitrogens with two attached hydrogens (primary N) is 2. The Morgan fingerprint density at radius 3 is 2.33 bits per heavy atom. The summed E-state index contributed by atoms with van der Waals surface area (Å²) in [4.78, 5) is 23.1. The van der Waals surface area contributed by atoms with Crippen molar-refractivity contribution < 1.29 is 14.0 Å². The topological polar surface area (TPSA) is 98.2 Å². The van der Waals surface area contributed by atoms with Gasteiger partial charge in [0, 0.05) is 11.4 Å². The minimum absolute atomic E-state index is 0.0207. The summed E-state index contributed by atoms with van der Waals surface area (Å²) in [7, 11) is 0. The molecule has 0 saturated carbocycles. The van der Waals surface area contributed by atoms with Gasteiger partial charge in [0.2, 0.25) is 5.91 Å². The Balaban J connectivity index is 2.23. The summed E-state index contributed by atoms with van der Waals surface area (Å²) in [6.45, 7) is 0. The van der Waals surface area contributed by atoms with Crippen LogP contribution in [-0.2, 0) is 0 Å². The standard InChI is InChI=1S/C14H11ClFN3O2/c15-11-6-8(2-4-9(11)13(18)20)19-14(21)10-3-1-7(16)5-12(10)17/h1-6H,17H2,(H2,18,20)(H,19,21). The summed E-state index contributed by atoms with van der Waals surface area (Å²) < 4.78 is 12.9. The van der Waals surface area contributed by atoms with Gasteiger partial charge in [-0.25, -0.2) is 4.39 Å². The van der Waals surface area contributed by atoms with E-state index in [0.29, 0.717) is 5.69 Å². The Labute approximate surface area is 124 Å². The van der Waals surface area contributed by atoms with Gasteiger partial charge in [0.05, 0.1) is 16.1 Å². The zero-order chi connectivity index (χ0) is 15.6. The lowest BCUT2D eigenvalue weighted by Gasteiger charge is -2.09. The van der Waals surface area contributed by atoms with Crippen molar-refractivity contribution >= 4 is 34.8 Å². The molecule has 0 radical (unpaired) electrons. The third-order valence-corrected chi connectivity index (χ3v) is 3.06. The van der Waals surface area contributed by atoms with Gasteiger partial charge < -0.3 is 16.8 Å².